The Morgan fingerprint density at radius 3 is 1.43 bits per heavy atom. The van der Waals surface area contributed by atoms with Crippen LogP contribution in [0.1, 0.15) is 0 Å². The first-order valence-electron chi connectivity index (χ1n) is 15.3. The fraction of sp³-hybridized carbons (Fsp3) is 0. The van der Waals surface area contributed by atoms with Crippen LogP contribution in [0.4, 0.5) is 0 Å². The SMILES string of the molecule is c1ccc(-c2ccc(-c3c4ccccc4c(-c4cccc5c4ccc4cc6ccccc6cc45)c4ccccc34)cc2)cc1. The van der Waals surface area contributed by atoms with Gasteiger partial charge in [0.15, 0.2) is 0 Å². The normalized spacial score (nSPS) is 11.6. The largest absolute Gasteiger partial charge is 0.0622 e. The molecule has 9 rings (SSSR count). The van der Waals surface area contributed by atoms with Gasteiger partial charge in [0.05, 0.1) is 0 Å². The monoisotopic (exact) mass is 556 g/mol. The molecule has 0 spiro atoms. The molecule has 0 amide bonds. The van der Waals surface area contributed by atoms with E-state index in [2.05, 4.69) is 170 Å². The minimum absolute atomic E-state index is 1.23. The van der Waals surface area contributed by atoms with Crippen molar-refractivity contribution in [2.75, 3.05) is 0 Å². The van der Waals surface area contributed by atoms with Crippen LogP contribution >= 0.6 is 0 Å². The molecule has 204 valence electrons. The number of hydrogen-bond donors (Lipinski definition) is 0. The van der Waals surface area contributed by atoms with Crippen molar-refractivity contribution in [2.45, 2.75) is 0 Å². The molecule has 9 aromatic rings. The molecule has 0 N–H and O–H groups in total. The molecule has 0 saturated heterocycles. The molecule has 0 aliphatic carbocycles. The Balaban J connectivity index is 1.32. The Bertz CT molecular complexity index is 2460. The van der Waals surface area contributed by atoms with Crippen LogP contribution in [0.25, 0.3) is 87.2 Å². The Morgan fingerprint density at radius 2 is 0.750 bits per heavy atom. The van der Waals surface area contributed by atoms with Gasteiger partial charge in [-0.3, -0.25) is 0 Å². The second-order valence-corrected chi connectivity index (χ2v) is 11.7. The van der Waals surface area contributed by atoms with E-state index in [4.69, 9.17) is 0 Å². The zero-order valence-electron chi connectivity index (χ0n) is 24.2. The van der Waals surface area contributed by atoms with E-state index in [0.29, 0.717) is 0 Å². The molecule has 0 fully saturated rings. The summed E-state index contributed by atoms with van der Waals surface area (Å²) in [6, 6.07) is 62.3. The molecule has 44 heavy (non-hydrogen) atoms. The molecule has 0 aromatic heterocycles. The van der Waals surface area contributed by atoms with Gasteiger partial charge in [-0.1, -0.05) is 158 Å². The molecule has 0 bridgehead atoms. The van der Waals surface area contributed by atoms with Crippen molar-refractivity contribution in [2.24, 2.45) is 0 Å². The summed E-state index contributed by atoms with van der Waals surface area (Å²) in [6.45, 7) is 0. The van der Waals surface area contributed by atoms with Crippen molar-refractivity contribution in [3.05, 3.63) is 170 Å². The fourth-order valence-electron chi connectivity index (χ4n) is 7.19. The number of hydrogen-bond acceptors (Lipinski definition) is 0. The van der Waals surface area contributed by atoms with Gasteiger partial charge in [-0.25, -0.2) is 0 Å². The summed E-state index contributed by atoms with van der Waals surface area (Å²) in [5.74, 6) is 0. The lowest BCUT2D eigenvalue weighted by Gasteiger charge is -2.19. The lowest BCUT2D eigenvalue weighted by Crippen LogP contribution is -1.92. The third-order valence-corrected chi connectivity index (χ3v) is 9.23. The zero-order chi connectivity index (χ0) is 29.0. The quantitative estimate of drug-likeness (QED) is 0.150. The summed E-state index contributed by atoms with van der Waals surface area (Å²) in [4.78, 5) is 0. The molecule has 0 aliphatic rings. The highest BCUT2D eigenvalue weighted by Crippen LogP contribution is 2.46. The highest BCUT2D eigenvalue weighted by Gasteiger charge is 2.18. The van der Waals surface area contributed by atoms with Crippen LogP contribution in [-0.4, -0.2) is 0 Å². The van der Waals surface area contributed by atoms with E-state index in [9.17, 15) is 0 Å². The molecule has 0 unspecified atom stereocenters. The molecule has 0 nitrogen and oxygen atoms in total. The zero-order valence-corrected chi connectivity index (χ0v) is 24.2. The maximum absolute atomic E-state index is 2.36. The standard InChI is InChI=1S/C44H28/c1-2-11-29(12-3-1)30-21-23-31(24-22-30)43-38-15-6-8-17-40(38)44(41-18-9-7-16-39(41)43)37-20-10-19-35-36(37)26-25-34-27-32-13-4-5-14-33(32)28-42(34)35/h1-28H. The smallest absolute Gasteiger partial charge is 0.00201 e. The summed E-state index contributed by atoms with van der Waals surface area (Å²) >= 11 is 0. The van der Waals surface area contributed by atoms with Crippen LogP contribution in [-0.2, 0) is 0 Å². The van der Waals surface area contributed by atoms with Crippen LogP contribution in [0.15, 0.2) is 170 Å². The summed E-state index contributed by atoms with van der Waals surface area (Å²) in [5.41, 5.74) is 7.56. The third kappa shape index (κ3) is 3.85. The van der Waals surface area contributed by atoms with Gasteiger partial charge in [-0.05, 0) is 99.4 Å². The van der Waals surface area contributed by atoms with Gasteiger partial charge in [-0.15, -0.1) is 0 Å². The van der Waals surface area contributed by atoms with Gasteiger partial charge in [-0.2, -0.15) is 0 Å². The van der Waals surface area contributed by atoms with E-state index in [-0.39, 0.29) is 0 Å². The van der Waals surface area contributed by atoms with Crippen LogP contribution in [0.3, 0.4) is 0 Å². The van der Waals surface area contributed by atoms with Crippen LogP contribution in [0, 0.1) is 0 Å². The van der Waals surface area contributed by atoms with Gasteiger partial charge in [0.25, 0.3) is 0 Å². The van der Waals surface area contributed by atoms with E-state index in [1.54, 1.807) is 0 Å². The molecule has 9 aromatic carbocycles. The lowest BCUT2D eigenvalue weighted by atomic mass is 9.84. The maximum Gasteiger partial charge on any atom is -0.00201 e. The molecular formula is C44H28. The number of fused-ring (bicyclic) bond motifs is 6. The van der Waals surface area contributed by atoms with Gasteiger partial charge in [0.2, 0.25) is 0 Å². The van der Waals surface area contributed by atoms with Crippen molar-refractivity contribution in [1.29, 1.82) is 0 Å². The molecule has 0 radical (unpaired) electrons. The van der Waals surface area contributed by atoms with Gasteiger partial charge in [0.1, 0.15) is 0 Å². The summed E-state index contributed by atoms with van der Waals surface area (Å²) in [5, 5.41) is 12.8. The van der Waals surface area contributed by atoms with Crippen molar-refractivity contribution in [3.63, 3.8) is 0 Å². The number of benzene rings is 9. The highest BCUT2D eigenvalue weighted by atomic mass is 14.2. The first-order valence-corrected chi connectivity index (χ1v) is 15.3. The fourth-order valence-corrected chi connectivity index (χ4v) is 7.19. The topological polar surface area (TPSA) is 0 Å². The second kappa shape index (κ2) is 9.93. The van der Waals surface area contributed by atoms with Crippen LogP contribution in [0.5, 0.6) is 0 Å². The van der Waals surface area contributed by atoms with Crippen molar-refractivity contribution < 1.29 is 0 Å². The minimum atomic E-state index is 1.23. The molecule has 0 atom stereocenters. The van der Waals surface area contributed by atoms with Crippen LogP contribution < -0.4 is 0 Å². The molecule has 0 heteroatoms. The first kappa shape index (κ1) is 24.8. The highest BCUT2D eigenvalue weighted by molar-refractivity contribution is 6.25. The van der Waals surface area contributed by atoms with Gasteiger partial charge < -0.3 is 0 Å². The van der Waals surface area contributed by atoms with Gasteiger partial charge >= 0.3 is 0 Å². The third-order valence-electron chi connectivity index (χ3n) is 9.23. The average Bonchev–Trinajstić information content (AvgIpc) is 3.10. The van der Waals surface area contributed by atoms with E-state index >= 15 is 0 Å². The predicted molar refractivity (Wildman–Crippen MR) is 190 cm³/mol. The van der Waals surface area contributed by atoms with E-state index in [0.717, 1.165) is 0 Å². The minimum Gasteiger partial charge on any atom is -0.0622 e. The summed E-state index contributed by atoms with van der Waals surface area (Å²) in [7, 11) is 0. The van der Waals surface area contributed by atoms with Crippen molar-refractivity contribution in [1.82, 2.24) is 0 Å². The van der Waals surface area contributed by atoms with Crippen molar-refractivity contribution in [3.8, 4) is 33.4 Å². The molecule has 0 heterocycles. The van der Waals surface area contributed by atoms with Crippen LogP contribution in [0.2, 0.25) is 0 Å². The molecular weight excluding hydrogens is 528 g/mol. The van der Waals surface area contributed by atoms with E-state index in [1.807, 2.05) is 0 Å². The Hall–Kier alpha value is -5.72. The Labute approximate surface area is 256 Å². The lowest BCUT2D eigenvalue weighted by molar-refractivity contribution is 1.61. The van der Waals surface area contributed by atoms with Crippen molar-refractivity contribution >= 4 is 53.9 Å². The Morgan fingerprint density at radius 1 is 0.227 bits per heavy atom. The average molecular weight is 557 g/mol. The molecule has 0 aliphatic heterocycles. The second-order valence-electron chi connectivity index (χ2n) is 11.7. The van der Waals surface area contributed by atoms with Gasteiger partial charge in [0, 0.05) is 0 Å². The van der Waals surface area contributed by atoms with E-state index < -0.39 is 0 Å². The molecule has 0 saturated carbocycles. The predicted octanol–water partition coefficient (Wildman–Crippen LogP) is 12.5. The number of rotatable bonds is 3. The van der Waals surface area contributed by atoms with E-state index in [1.165, 1.54) is 87.2 Å². The summed E-state index contributed by atoms with van der Waals surface area (Å²) in [6.07, 6.45) is 0. The summed E-state index contributed by atoms with van der Waals surface area (Å²) < 4.78 is 0. The Kier molecular flexibility index (Phi) is 5.61. The first-order chi connectivity index (χ1) is 21.8. The maximum atomic E-state index is 2.36.